The average Bonchev–Trinajstić information content (AvgIpc) is 3.18. The van der Waals surface area contributed by atoms with Gasteiger partial charge >= 0.3 is 0 Å². The third-order valence-corrected chi connectivity index (χ3v) is 4.65. The molecule has 0 aliphatic rings. The van der Waals surface area contributed by atoms with Crippen LogP contribution in [0.2, 0.25) is 0 Å². The van der Waals surface area contributed by atoms with Gasteiger partial charge in [-0.1, -0.05) is 13.8 Å². The topological polar surface area (TPSA) is 76.7 Å². The van der Waals surface area contributed by atoms with Crippen molar-refractivity contribution in [3.05, 3.63) is 46.2 Å². The number of hydrazine groups is 1. The van der Waals surface area contributed by atoms with Crippen molar-refractivity contribution < 1.29 is 19.1 Å². The molecule has 6 nitrogen and oxygen atoms in total. The Kier molecular flexibility index (Phi) is 8.13. The first-order chi connectivity index (χ1) is 13.0. The molecule has 0 aliphatic heterocycles. The van der Waals surface area contributed by atoms with Crippen molar-refractivity contribution in [2.75, 3.05) is 13.7 Å². The van der Waals surface area contributed by atoms with Crippen LogP contribution in [0.5, 0.6) is 11.5 Å². The van der Waals surface area contributed by atoms with E-state index in [4.69, 9.17) is 9.47 Å². The summed E-state index contributed by atoms with van der Waals surface area (Å²) in [6.45, 7) is 4.84. The Bertz CT molecular complexity index is 744. The highest BCUT2D eigenvalue weighted by Crippen LogP contribution is 2.28. The van der Waals surface area contributed by atoms with Gasteiger partial charge in [0.15, 0.2) is 11.5 Å². The lowest BCUT2D eigenvalue weighted by Gasteiger charge is -2.13. The average molecular weight is 391 g/mol. The largest absolute Gasteiger partial charge is 0.493 e. The fourth-order valence-electron chi connectivity index (χ4n) is 2.29. The van der Waals surface area contributed by atoms with Crippen LogP contribution in [0.15, 0.2) is 35.0 Å². The lowest BCUT2D eigenvalue weighted by molar-refractivity contribution is -0.121. The van der Waals surface area contributed by atoms with E-state index in [1.807, 2.05) is 16.8 Å². The van der Waals surface area contributed by atoms with Crippen molar-refractivity contribution in [1.82, 2.24) is 10.9 Å². The van der Waals surface area contributed by atoms with Crippen LogP contribution in [-0.4, -0.2) is 25.5 Å². The molecule has 2 aromatic rings. The lowest BCUT2D eigenvalue weighted by atomic mass is 10.1. The zero-order chi connectivity index (χ0) is 19.6. The van der Waals surface area contributed by atoms with Crippen LogP contribution in [0.3, 0.4) is 0 Å². The minimum absolute atomic E-state index is 0.241. The maximum absolute atomic E-state index is 12.2. The molecule has 0 aliphatic carbocycles. The molecule has 0 spiro atoms. The Morgan fingerprint density at radius 1 is 1.15 bits per heavy atom. The minimum Gasteiger partial charge on any atom is -0.493 e. The molecule has 0 radical (unpaired) electrons. The maximum Gasteiger partial charge on any atom is 0.269 e. The zero-order valence-corrected chi connectivity index (χ0v) is 16.7. The highest BCUT2D eigenvalue weighted by atomic mass is 32.1. The Morgan fingerprint density at radius 2 is 1.96 bits per heavy atom. The lowest BCUT2D eigenvalue weighted by Crippen LogP contribution is -2.41. The highest BCUT2D eigenvalue weighted by Gasteiger charge is 2.12. The van der Waals surface area contributed by atoms with E-state index in [1.165, 1.54) is 7.11 Å². The molecule has 146 valence electrons. The number of carbonyl (C=O) groups is 2. The van der Waals surface area contributed by atoms with Gasteiger partial charge in [-0.15, -0.1) is 0 Å². The maximum atomic E-state index is 12.2. The Hall–Kier alpha value is -2.54. The van der Waals surface area contributed by atoms with E-state index in [-0.39, 0.29) is 5.91 Å². The molecule has 0 saturated heterocycles. The molecule has 0 atom stereocenters. The fraction of sp³-hybridized carbons (Fsp3) is 0.400. The summed E-state index contributed by atoms with van der Waals surface area (Å²) in [6, 6.07) is 6.91. The van der Waals surface area contributed by atoms with Gasteiger partial charge in [0.25, 0.3) is 5.91 Å². The van der Waals surface area contributed by atoms with Crippen molar-refractivity contribution >= 4 is 23.2 Å². The summed E-state index contributed by atoms with van der Waals surface area (Å²) in [5.41, 5.74) is 6.35. The van der Waals surface area contributed by atoms with Crippen LogP contribution in [-0.2, 0) is 11.2 Å². The Balaban J connectivity index is 1.84. The number of thiophene rings is 1. The van der Waals surface area contributed by atoms with Crippen LogP contribution >= 0.6 is 11.3 Å². The van der Waals surface area contributed by atoms with E-state index >= 15 is 0 Å². The van der Waals surface area contributed by atoms with E-state index in [9.17, 15) is 9.59 Å². The van der Waals surface area contributed by atoms with Crippen molar-refractivity contribution in [1.29, 1.82) is 0 Å². The van der Waals surface area contributed by atoms with Crippen LogP contribution in [0.25, 0.3) is 0 Å². The third-order valence-electron chi connectivity index (χ3n) is 3.91. The number of hydrogen-bond donors (Lipinski definition) is 2. The molecule has 27 heavy (non-hydrogen) atoms. The quantitative estimate of drug-likeness (QED) is 0.642. The summed E-state index contributed by atoms with van der Waals surface area (Å²) in [6.07, 6.45) is 1.88. The smallest absolute Gasteiger partial charge is 0.269 e. The van der Waals surface area contributed by atoms with E-state index in [0.29, 0.717) is 42.4 Å². The Labute approximate surface area is 163 Å². The second-order valence-corrected chi connectivity index (χ2v) is 7.31. The number of rotatable bonds is 9. The molecule has 0 saturated carbocycles. The van der Waals surface area contributed by atoms with Gasteiger partial charge in [-0.3, -0.25) is 20.4 Å². The molecule has 1 aromatic carbocycles. The van der Waals surface area contributed by atoms with Gasteiger partial charge in [-0.25, -0.2) is 0 Å². The molecule has 0 fully saturated rings. The van der Waals surface area contributed by atoms with Crippen molar-refractivity contribution in [3.63, 3.8) is 0 Å². The van der Waals surface area contributed by atoms with Crippen LogP contribution in [0.1, 0.15) is 42.6 Å². The fourth-order valence-corrected chi connectivity index (χ4v) is 2.99. The molecule has 2 N–H and O–H groups in total. The molecule has 1 aromatic heterocycles. The summed E-state index contributed by atoms with van der Waals surface area (Å²) in [5.74, 6) is 0.968. The third kappa shape index (κ3) is 6.94. The molecule has 2 rings (SSSR count). The summed E-state index contributed by atoms with van der Waals surface area (Å²) in [4.78, 5) is 24.1. The first-order valence-electron chi connectivity index (χ1n) is 8.90. The molecule has 1 heterocycles. The predicted octanol–water partition coefficient (Wildman–Crippen LogP) is 3.58. The molecule has 2 amide bonds. The number of methoxy groups -OCH3 is 1. The standard InChI is InChI=1S/C20H26N2O4S/c1-14(2)8-10-26-17-6-5-16(12-18(17)25-3)20(24)22-21-19(23)7-4-15-9-11-27-13-15/h5-6,9,11-14H,4,7-8,10H2,1-3H3,(H,21,23)(H,22,24). The van der Waals surface area contributed by atoms with Gasteiger partial charge in [0.1, 0.15) is 0 Å². The van der Waals surface area contributed by atoms with E-state index in [1.54, 1.807) is 29.5 Å². The highest BCUT2D eigenvalue weighted by molar-refractivity contribution is 7.07. The second-order valence-electron chi connectivity index (χ2n) is 6.53. The first kappa shape index (κ1) is 20.8. The summed E-state index contributed by atoms with van der Waals surface area (Å²) >= 11 is 1.59. The monoisotopic (exact) mass is 390 g/mol. The van der Waals surface area contributed by atoms with Gasteiger partial charge in [0.2, 0.25) is 5.91 Å². The number of hydrogen-bond acceptors (Lipinski definition) is 5. The van der Waals surface area contributed by atoms with Crippen LogP contribution < -0.4 is 20.3 Å². The van der Waals surface area contributed by atoms with E-state index < -0.39 is 5.91 Å². The predicted molar refractivity (Wildman–Crippen MR) is 106 cm³/mol. The molecule has 0 unspecified atom stereocenters. The minimum atomic E-state index is -0.411. The van der Waals surface area contributed by atoms with Crippen LogP contribution in [0.4, 0.5) is 0 Å². The van der Waals surface area contributed by atoms with Crippen molar-refractivity contribution in [2.24, 2.45) is 5.92 Å². The van der Waals surface area contributed by atoms with Crippen molar-refractivity contribution in [2.45, 2.75) is 33.1 Å². The Morgan fingerprint density at radius 3 is 2.63 bits per heavy atom. The zero-order valence-electron chi connectivity index (χ0n) is 15.9. The molecular weight excluding hydrogens is 364 g/mol. The molecule has 7 heteroatoms. The number of nitrogens with one attached hydrogen (secondary N) is 2. The van der Waals surface area contributed by atoms with Gasteiger partial charge in [-0.2, -0.15) is 11.3 Å². The number of aryl methyl sites for hydroxylation is 1. The summed E-state index contributed by atoms with van der Waals surface area (Å²) < 4.78 is 11.0. The van der Waals surface area contributed by atoms with Gasteiger partial charge in [-0.05, 0) is 59.3 Å². The van der Waals surface area contributed by atoms with Gasteiger partial charge < -0.3 is 9.47 Å². The molecular formula is C20H26N2O4S. The van der Waals surface area contributed by atoms with Crippen molar-refractivity contribution in [3.8, 4) is 11.5 Å². The number of amides is 2. The van der Waals surface area contributed by atoms with E-state index in [2.05, 4.69) is 24.7 Å². The second kappa shape index (κ2) is 10.6. The van der Waals surface area contributed by atoms with Gasteiger partial charge in [0, 0.05) is 12.0 Å². The summed E-state index contributed by atoms with van der Waals surface area (Å²) in [7, 11) is 1.53. The SMILES string of the molecule is COc1cc(C(=O)NNC(=O)CCc2ccsc2)ccc1OCCC(C)C. The van der Waals surface area contributed by atoms with Gasteiger partial charge in [0.05, 0.1) is 13.7 Å². The first-order valence-corrected chi connectivity index (χ1v) is 9.85. The summed E-state index contributed by atoms with van der Waals surface area (Å²) in [5, 5.41) is 3.97. The molecule has 0 bridgehead atoms. The van der Waals surface area contributed by atoms with Crippen LogP contribution in [0, 0.1) is 5.92 Å². The number of benzene rings is 1. The number of carbonyl (C=O) groups excluding carboxylic acids is 2. The number of ether oxygens (including phenoxy) is 2. The normalized spacial score (nSPS) is 10.5. The van der Waals surface area contributed by atoms with E-state index in [0.717, 1.165) is 12.0 Å².